The van der Waals surface area contributed by atoms with E-state index >= 15 is 0 Å². The van der Waals surface area contributed by atoms with Crippen molar-refractivity contribution in [3.05, 3.63) is 65.7 Å². The van der Waals surface area contributed by atoms with Crippen LogP contribution in [0.5, 0.6) is 0 Å². The van der Waals surface area contributed by atoms with Crippen molar-refractivity contribution in [1.82, 2.24) is 30.4 Å². The average Bonchev–Trinajstić information content (AvgIpc) is 3.26. The van der Waals surface area contributed by atoms with Crippen molar-refractivity contribution in [3.63, 3.8) is 0 Å². The highest BCUT2D eigenvalue weighted by Gasteiger charge is 2.27. The van der Waals surface area contributed by atoms with E-state index in [9.17, 15) is 18.4 Å². The summed E-state index contributed by atoms with van der Waals surface area (Å²) in [5, 5.41) is 14.9. The molecule has 180 valence electrons. The molecule has 1 aromatic heterocycles. The number of hydrogen-bond donors (Lipinski definition) is 1. The Bertz CT molecular complexity index is 1100. The molecule has 8 nitrogen and oxygen atoms in total. The molecule has 0 aliphatic heterocycles. The van der Waals surface area contributed by atoms with Crippen LogP contribution < -0.4 is 5.32 Å². The average molecular weight is 471 g/mol. The van der Waals surface area contributed by atoms with Crippen LogP contribution in [0.2, 0.25) is 0 Å². The van der Waals surface area contributed by atoms with E-state index in [-0.39, 0.29) is 36.5 Å². The van der Waals surface area contributed by atoms with Crippen LogP contribution in [0, 0.1) is 17.6 Å². The zero-order valence-corrected chi connectivity index (χ0v) is 19.4. The number of halogens is 2. The van der Waals surface area contributed by atoms with Crippen molar-refractivity contribution in [2.75, 3.05) is 6.54 Å². The number of carbonyl (C=O) groups is 2. The van der Waals surface area contributed by atoms with Gasteiger partial charge in [-0.15, -0.1) is 10.2 Å². The third-order valence-electron chi connectivity index (χ3n) is 5.29. The second kappa shape index (κ2) is 11.4. The molecule has 34 heavy (non-hydrogen) atoms. The number of tetrazole rings is 1. The molecule has 0 fully saturated rings. The van der Waals surface area contributed by atoms with Crippen molar-refractivity contribution in [2.45, 2.75) is 46.3 Å². The molecule has 0 unspecified atom stereocenters. The maximum Gasteiger partial charge on any atom is 0.247 e. The van der Waals surface area contributed by atoms with Crippen LogP contribution in [-0.4, -0.2) is 49.5 Å². The summed E-state index contributed by atoms with van der Waals surface area (Å²) in [7, 11) is 0. The van der Waals surface area contributed by atoms with Crippen LogP contribution in [0.15, 0.2) is 48.5 Å². The predicted molar refractivity (Wildman–Crippen MR) is 122 cm³/mol. The first-order valence-electron chi connectivity index (χ1n) is 11.1. The summed E-state index contributed by atoms with van der Waals surface area (Å²) in [4.78, 5) is 28.5. The van der Waals surface area contributed by atoms with E-state index in [1.807, 2.05) is 0 Å². The second-order valence-electron chi connectivity index (χ2n) is 8.45. The summed E-state index contributed by atoms with van der Waals surface area (Å²) in [5.74, 6) is -0.781. The maximum absolute atomic E-state index is 13.3. The molecule has 0 saturated carbocycles. The van der Waals surface area contributed by atoms with Gasteiger partial charge in [0.15, 0.2) is 0 Å². The number of amides is 2. The number of nitrogens with zero attached hydrogens (tertiary/aromatic N) is 5. The van der Waals surface area contributed by atoms with Gasteiger partial charge in [0.1, 0.15) is 24.2 Å². The molecule has 0 bridgehead atoms. The smallest absolute Gasteiger partial charge is 0.247 e. The van der Waals surface area contributed by atoms with Crippen LogP contribution >= 0.6 is 0 Å². The lowest BCUT2D eigenvalue weighted by Gasteiger charge is -2.28. The predicted octanol–water partition coefficient (Wildman–Crippen LogP) is 3.20. The minimum atomic E-state index is -0.773. The summed E-state index contributed by atoms with van der Waals surface area (Å²) in [6, 6.07) is 10.6. The number of benzene rings is 2. The van der Waals surface area contributed by atoms with Crippen LogP contribution in [0.1, 0.15) is 32.8 Å². The van der Waals surface area contributed by atoms with Gasteiger partial charge in [-0.25, -0.2) is 8.78 Å². The Balaban J connectivity index is 1.74. The van der Waals surface area contributed by atoms with E-state index in [4.69, 9.17) is 0 Å². The molecule has 3 aromatic rings. The molecule has 0 spiro atoms. The largest absolute Gasteiger partial charge is 0.354 e. The molecule has 0 radical (unpaired) electrons. The first-order chi connectivity index (χ1) is 16.2. The molecule has 0 aliphatic carbocycles. The molecule has 0 saturated heterocycles. The zero-order chi connectivity index (χ0) is 24.7. The van der Waals surface area contributed by atoms with E-state index < -0.39 is 11.9 Å². The zero-order valence-electron chi connectivity index (χ0n) is 19.4. The molecule has 1 atom stereocenters. The van der Waals surface area contributed by atoms with E-state index in [0.717, 1.165) is 11.2 Å². The van der Waals surface area contributed by atoms with Gasteiger partial charge < -0.3 is 10.2 Å². The van der Waals surface area contributed by atoms with Gasteiger partial charge >= 0.3 is 0 Å². The second-order valence-corrected chi connectivity index (χ2v) is 8.45. The summed E-state index contributed by atoms with van der Waals surface area (Å²) < 4.78 is 26.5. The Morgan fingerprint density at radius 1 is 1.00 bits per heavy atom. The van der Waals surface area contributed by atoms with Gasteiger partial charge in [0.2, 0.25) is 17.6 Å². The standard InChI is InChI=1S/C24H28F2N6O2/c1-16(2)12-13-27-24(34)17(3)31(14-18-4-8-20(25)9-5-18)22(33)15-32-29-23(28-30-32)19-6-10-21(26)11-7-19/h4-11,16-17H,12-15H2,1-3H3,(H,27,34)/t17-/m1/s1. The van der Waals surface area contributed by atoms with E-state index in [2.05, 4.69) is 34.6 Å². The highest BCUT2D eigenvalue weighted by Crippen LogP contribution is 2.15. The summed E-state index contributed by atoms with van der Waals surface area (Å²) in [6.07, 6.45) is 0.819. The Kier molecular flexibility index (Phi) is 8.39. The first-order valence-corrected chi connectivity index (χ1v) is 11.1. The summed E-state index contributed by atoms with van der Waals surface area (Å²) in [6.45, 7) is 6.13. The van der Waals surface area contributed by atoms with E-state index in [1.54, 1.807) is 19.1 Å². The molecule has 2 amide bonds. The topological polar surface area (TPSA) is 93.0 Å². The fourth-order valence-electron chi connectivity index (χ4n) is 3.24. The summed E-state index contributed by atoms with van der Waals surface area (Å²) >= 11 is 0. The molecule has 3 rings (SSSR count). The van der Waals surface area contributed by atoms with Crippen molar-refractivity contribution < 1.29 is 18.4 Å². The molecule has 2 aromatic carbocycles. The van der Waals surface area contributed by atoms with Crippen LogP contribution in [-0.2, 0) is 22.7 Å². The minimum Gasteiger partial charge on any atom is -0.354 e. The molecule has 10 heteroatoms. The maximum atomic E-state index is 13.3. The van der Waals surface area contributed by atoms with Gasteiger partial charge in [-0.3, -0.25) is 9.59 Å². The van der Waals surface area contributed by atoms with Gasteiger partial charge in [0.05, 0.1) is 0 Å². The molecule has 1 heterocycles. The Morgan fingerprint density at radius 2 is 1.62 bits per heavy atom. The first kappa shape index (κ1) is 24.9. The Hall–Kier alpha value is -3.69. The number of aromatic nitrogens is 4. The fraction of sp³-hybridized carbons (Fsp3) is 0.375. The number of rotatable bonds is 10. The number of carbonyl (C=O) groups excluding carboxylic acids is 2. The van der Waals surface area contributed by atoms with Gasteiger partial charge in [-0.1, -0.05) is 26.0 Å². The normalized spacial score (nSPS) is 11.9. The van der Waals surface area contributed by atoms with Gasteiger partial charge in [0, 0.05) is 18.7 Å². The SMILES string of the molecule is CC(C)CCNC(=O)[C@@H](C)N(Cc1ccc(F)cc1)C(=O)Cn1nnc(-c2ccc(F)cc2)n1. The Labute approximate surface area is 197 Å². The summed E-state index contributed by atoms with van der Waals surface area (Å²) in [5.41, 5.74) is 1.23. The number of hydrogen-bond acceptors (Lipinski definition) is 5. The fourth-order valence-corrected chi connectivity index (χ4v) is 3.24. The minimum absolute atomic E-state index is 0.109. The number of nitrogens with one attached hydrogen (secondary N) is 1. The Morgan fingerprint density at radius 3 is 2.24 bits per heavy atom. The molecule has 1 N–H and O–H groups in total. The monoisotopic (exact) mass is 470 g/mol. The lowest BCUT2D eigenvalue weighted by atomic mass is 10.1. The van der Waals surface area contributed by atoms with Crippen molar-refractivity contribution in [1.29, 1.82) is 0 Å². The quantitative estimate of drug-likeness (QED) is 0.491. The van der Waals surface area contributed by atoms with Gasteiger partial charge in [0.25, 0.3) is 0 Å². The van der Waals surface area contributed by atoms with E-state index in [1.165, 1.54) is 41.3 Å². The third-order valence-corrected chi connectivity index (χ3v) is 5.29. The van der Waals surface area contributed by atoms with Crippen molar-refractivity contribution in [3.8, 4) is 11.4 Å². The van der Waals surface area contributed by atoms with Crippen LogP contribution in [0.3, 0.4) is 0 Å². The van der Waals surface area contributed by atoms with Crippen molar-refractivity contribution >= 4 is 11.8 Å². The van der Waals surface area contributed by atoms with Crippen LogP contribution in [0.25, 0.3) is 11.4 Å². The molecular formula is C24H28F2N6O2. The lowest BCUT2D eigenvalue weighted by molar-refractivity contribution is -0.141. The molecular weight excluding hydrogens is 442 g/mol. The van der Waals surface area contributed by atoms with Gasteiger partial charge in [-0.05, 0) is 66.4 Å². The van der Waals surface area contributed by atoms with Crippen LogP contribution in [0.4, 0.5) is 8.78 Å². The lowest BCUT2D eigenvalue weighted by Crippen LogP contribution is -2.49. The third kappa shape index (κ3) is 6.90. The van der Waals surface area contributed by atoms with Crippen molar-refractivity contribution in [2.24, 2.45) is 5.92 Å². The highest BCUT2D eigenvalue weighted by molar-refractivity contribution is 5.87. The van der Waals surface area contributed by atoms with E-state index in [0.29, 0.717) is 23.6 Å². The highest BCUT2D eigenvalue weighted by atomic mass is 19.1. The van der Waals surface area contributed by atoms with Gasteiger partial charge in [-0.2, -0.15) is 4.80 Å². The molecule has 0 aliphatic rings.